The third-order valence-corrected chi connectivity index (χ3v) is 3.79. The van der Waals surface area contributed by atoms with Gasteiger partial charge in [0.05, 0.1) is 4.83 Å². The van der Waals surface area contributed by atoms with Crippen molar-refractivity contribution in [2.45, 2.75) is 22.5 Å². The lowest BCUT2D eigenvalue weighted by Crippen LogP contribution is -2.01. The van der Waals surface area contributed by atoms with Crippen molar-refractivity contribution < 1.29 is 4.79 Å². The molecule has 0 amide bonds. The van der Waals surface area contributed by atoms with Gasteiger partial charge in [-0.1, -0.05) is 28.1 Å². The van der Waals surface area contributed by atoms with Crippen molar-refractivity contribution in [3.63, 3.8) is 0 Å². The van der Waals surface area contributed by atoms with Crippen molar-refractivity contribution in [1.82, 2.24) is 0 Å². The lowest BCUT2D eigenvalue weighted by Gasteiger charge is -2.09. The van der Waals surface area contributed by atoms with Crippen LogP contribution < -0.4 is 0 Å². The molecule has 0 aliphatic rings. The van der Waals surface area contributed by atoms with Gasteiger partial charge in [0.15, 0.2) is 0 Å². The number of rotatable bonds is 3. The molecule has 0 heterocycles. The number of hydrogen-bond acceptors (Lipinski definition) is 2. The van der Waals surface area contributed by atoms with Crippen LogP contribution in [-0.4, -0.2) is 5.78 Å². The number of hydrogen-bond donors (Lipinski definition) is 1. The molecular formula is C10H10BrClOS. The Bertz CT molecular complexity index is 354. The van der Waals surface area contributed by atoms with Gasteiger partial charge in [0.2, 0.25) is 0 Å². The van der Waals surface area contributed by atoms with Crippen LogP contribution in [0.3, 0.4) is 0 Å². The van der Waals surface area contributed by atoms with Crippen LogP contribution in [0.15, 0.2) is 23.1 Å². The van der Waals surface area contributed by atoms with Gasteiger partial charge in [-0.15, -0.1) is 24.2 Å². The maximum Gasteiger partial charge on any atom is 0.147 e. The van der Waals surface area contributed by atoms with E-state index >= 15 is 0 Å². The van der Waals surface area contributed by atoms with Crippen LogP contribution in [0.2, 0.25) is 0 Å². The fourth-order valence-corrected chi connectivity index (χ4v) is 1.92. The van der Waals surface area contributed by atoms with Crippen LogP contribution in [0.5, 0.6) is 0 Å². The predicted molar refractivity (Wildman–Crippen MR) is 65.6 cm³/mol. The number of carbonyl (C=O) groups is 1. The Morgan fingerprint density at radius 3 is 2.79 bits per heavy atom. The van der Waals surface area contributed by atoms with Crippen molar-refractivity contribution in [2.75, 3.05) is 0 Å². The molecule has 0 N–H and O–H groups in total. The van der Waals surface area contributed by atoms with Crippen LogP contribution in [-0.2, 0) is 10.7 Å². The van der Waals surface area contributed by atoms with E-state index in [1.165, 1.54) is 0 Å². The molecule has 14 heavy (non-hydrogen) atoms. The molecule has 0 fully saturated rings. The molecular weight excluding hydrogens is 284 g/mol. The SMILES string of the molecule is CC(=O)C(Br)c1ccc(S)c(CCl)c1. The Balaban J connectivity index is 3.06. The molecule has 0 radical (unpaired) electrons. The van der Waals surface area contributed by atoms with Crippen LogP contribution >= 0.6 is 40.2 Å². The van der Waals surface area contributed by atoms with E-state index in [4.69, 9.17) is 11.6 Å². The van der Waals surface area contributed by atoms with Crippen molar-refractivity contribution in [3.05, 3.63) is 29.3 Å². The van der Waals surface area contributed by atoms with Gasteiger partial charge < -0.3 is 0 Å². The zero-order chi connectivity index (χ0) is 10.7. The van der Waals surface area contributed by atoms with Gasteiger partial charge in [-0.3, -0.25) is 4.79 Å². The molecule has 0 bridgehead atoms. The lowest BCUT2D eigenvalue weighted by molar-refractivity contribution is -0.116. The van der Waals surface area contributed by atoms with Crippen molar-refractivity contribution in [2.24, 2.45) is 0 Å². The molecule has 0 spiro atoms. The van der Waals surface area contributed by atoms with E-state index in [-0.39, 0.29) is 10.6 Å². The summed E-state index contributed by atoms with van der Waals surface area (Å²) in [6.45, 7) is 1.55. The second-order valence-corrected chi connectivity index (χ2v) is 4.66. The maximum atomic E-state index is 11.1. The Kier molecular flexibility index (Phi) is 4.48. The van der Waals surface area contributed by atoms with Crippen LogP contribution in [0.25, 0.3) is 0 Å². The van der Waals surface area contributed by atoms with Crippen LogP contribution in [0.4, 0.5) is 0 Å². The Labute approximate surface area is 102 Å². The monoisotopic (exact) mass is 292 g/mol. The number of carbonyl (C=O) groups excluding carboxylic acids is 1. The molecule has 0 aromatic heterocycles. The number of benzene rings is 1. The van der Waals surface area contributed by atoms with E-state index in [9.17, 15) is 4.79 Å². The Hall–Kier alpha value is 0.01000. The van der Waals surface area contributed by atoms with Gasteiger partial charge in [-0.2, -0.15) is 0 Å². The fraction of sp³-hybridized carbons (Fsp3) is 0.300. The second kappa shape index (κ2) is 5.19. The number of alkyl halides is 2. The van der Waals surface area contributed by atoms with E-state index in [2.05, 4.69) is 28.6 Å². The summed E-state index contributed by atoms with van der Waals surface area (Å²) in [5.74, 6) is 0.488. The van der Waals surface area contributed by atoms with Crippen LogP contribution in [0.1, 0.15) is 22.9 Å². The minimum Gasteiger partial charge on any atom is -0.298 e. The summed E-state index contributed by atoms with van der Waals surface area (Å²) in [7, 11) is 0. The van der Waals surface area contributed by atoms with Crippen molar-refractivity contribution in [1.29, 1.82) is 0 Å². The molecule has 0 aliphatic carbocycles. The molecule has 1 rings (SSSR count). The highest BCUT2D eigenvalue weighted by atomic mass is 79.9. The predicted octanol–water partition coefficient (Wildman–Crippen LogP) is 3.74. The first-order chi connectivity index (χ1) is 6.56. The average molecular weight is 294 g/mol. The highest BCUT2D eigenvalue weighted by Gasteiger charge is 2.13. The van der Waals surface area contributed by atoms with E-state index in [0.717, 1.165) is 16.0 Å². The normalized spacial score (nSPS) is 12.6. The summed E-state index contributed by atoms with van der Waals surface area (Å²) in [5, 5.41) is 0. The highest BCUT2D eigenvalue weighted by molar-refractivity contribution is 9.09. The van der Waals surface area contributed by atoms with E-state index in [0.29, 0.717) is 5.88 Å². The summed E-state index contributed by atoms with van der Waals surface area (Å²) >= 11 is 13.3. The number of thiol groups is 1. The Morgan fingerprint density at radius 2 is 2.29 bits per heavy atom. The Morgan fingerprint density at radius 1 is 1.64 bits per heavy atom. The quantitative estimate of drug-likeness (QED) is 0.663. The first-order valence-corrected chi connectivity index (χ1v) is 5.98. The molecule has 0 saturated carbocycles. The molecule has 0 aliphatic heterocycles. The van der Waals surface area contributed by atoms with Gasteiger partial charge in [0, 0.05) is 10.8 Å². The van der Waals surface area contributed by atoms with Crippen LogP contribution in [0, 0.1) is 0 Å². The summed E-state index contributed by atoms with van der Waals surface area (Å²) in [4.78, 5) is 11.7. The average Bonchev–Trinajstić information content (AvgIpc) is 2.17. The molecule has 1 aromatic rings. The van der Waals surface area contributed by atoms with Gasteiger partial charge in [-0.25, -0.2) is 0 Å². The standard InChI is InChI=1S/C10H10BrClOS/c1-6(13)10(11)7-2-3-9(14)8(4-7)5-12/h2-4,10,14H,5H2,1H3. The fourth-order valence-electron chi connectivity index (χ4n) is 1.10. The summed E-state index contributed by atoms with van der Waals surface area (Å²) in [6.07, 6.45) is 0. The molecule has 1 nitrogen and oxygen atoms in total. The molecule has 4 heteroatoms. The molecule has 0 saturated heterocycles. The topological polar surface area (TPSA) is 17.1 Å². The molecule has 76 valence electrons. The van der Waals surface area contributed by atoms with E-state index in [1.54, 1.807) is 6.92 Å². The molecule has 1 atom stereocenters. The zero-order valence-corrected chi connectivity index (χ0v) is 10.9. The number of halogens is 2. The maximum absolute atomic E-state index is 11.1. The zero-order valence-electron chi connectivity index (χ0n) is 7.63. The van der Waals surface area contributed by atoms with Gasteiger partial charge in [0.1, 0.15) is 5.78 Å². The summed E-state index contributed by atoms with van der Waals surface area (Å²) < 4.78 is 0. The third kappa shape index (κ3) is 2.75. The first-order valence-electron chi connectivity index (χ1n) is 4.08. The minimum atomic E-state index is -0.251. The van der Waals surface area contributed by atoms with Gasteiger partial charge >= 0.3 is 0 Å². The smallest absolute Gasteiger partial charge is 0.147 e. The van der Waals surface area contributed by atoms with E-state index < -0.39 is 0 Å². The summed E-state index contributed by atoms with van der Waals surface area (Å²) in [6, 6.07) is 5.63. The second-order valence-electron chi connectivity index (χ2n) is 2.99. The van der Waals surface area contributed by atoms with Gasteiger partial charge in [-0.05, 0) is 24.1 Å². The third-order valence-electron chi connectivity index (χ3n) is 1.90. The van der Waals surface area contributed by atoms with Crippen molar-refractivity contribution in [3.8, 4) is 0 Å². The minimum absolute atomic E-state index is 0.0810. The van der Waals surface area contributed by atoms with Crippen molar-refractivity contribution >= 4 is 45.9 Å². The largest absolute Gasteiger partial charge is 0.298 e. The van der Waals surface area contributed by atoms with E-state index in [1.807, 2.05) is 18.2 Å². The number of Topliss-reactive ketones (excluding diaryl/α,β-unsaturated/α-hetero) is 1. The summed E-state index contributed by atoms with van der Waals surface area (Å²) in [5.41, 5.74) is 1.86. The molecule has 1 aromatic carbocycles. The number of ketones is 1. The first kappa shape index (κ1) is 12.1. The highest BCUT2D eigenvalue weighted by Crippen LogP contribution is 2.27. The molecule has 1 unspecified atom stereocenters. The lowest BCUT2D eigenvalue weighted by atomic mass is 10.1. The van der Waals surface area contributed by atoms with Gasteiger partial charge in [0.25, 0.3) is 0 Å².